The summed E-state index contributed by atoms with van der Waals surface area (Å²) in [5, 5.41) is 12.7. The van der Waals surface area contributed by atoms with Gasteiger partial charge in [-0.2, -0.15) is 0 Å². The summed E-state index contributed by atoms with van der Waals surface area (Å²) >= 11 is 0. The summed E-state index contributed by atoms with van der Waals surface area (Å²) in [6, 6.07) is 7.05. The molecule has 1 spiro atoms. The van der Waals surface area contributed by atoms with Crippen LogP contribution in [-0.2, 0) is 15.9 Å². The zero-order chi connectivity index (χ0) is 27.2. The second kappa shape index (κ2) is 10.2. The van der Waals surface area contributed by atoms with E-state index in [-0.39, 0.29) is 47.2 Å². The normalized spacial score (nSPS) is 30.4. The number of nitrogens with one attached hydrogen (secondary N) is 2. The number of oxazole rings is 1. The van der Waals surface area contributed by atoms with Crippen LogP contribution in [0.1, 0.15) is 73.7 Å². The maximum absolute atomic E-state index is 13.1. The number of H-pyrrole nitrogens is 1. The van der Waals surface area contributed by atoms with Gasteiger partial charge in [-0.3, -0.25) is 4.79 Å². The average molecular weight is 524 g/mol. The average Bonchev–Trinajstić information content (AvgIpc) is 3.57. The number of carboxylic acids is 1. The highest BCUT2D eigenvalue weighted by atomic mass is 16.7. The van der Waals surface area contributed by atoms with Crippen LogP contribution in [0.15, 0.2) is 34.9 Å². The van der Waals surface area contributed by atoms with Crippen LogP contribution in [-0.4, -0.2) is 51.9 Å². The van der Waals surface area contributed by atoms with E-state index in [1.165, 1.54) is 0 Å². The maximum atomic E-state index is 13.1. The summed E-state index contributed by atoms with van der Waals surface area (Å²) < 4.78 is 19.6. The smallest absolute Gasteiger partial charge is 0.340 e. The molecule has 38 heavy (non-hydrogen) atoms. The Balaban J connectivity index is 1.39. The summed E-state index contributed by atoms with van der Waals surface area (Å²) in [6.45, 7) is 8.39. The third-order valence-corrected chi connectivity index (χ3v) is 8.54. The first-order valence-corrected chi connectivity index (χ1v) is 13.5. The molecule has 9 nitrogen and oxygen atoms in total. The molecule has 0 aliphatic carbocycles. The number of ketones is 1. The van der Waals surface area contributed by atoms with Gasteiger partial charge in [-0.05, 0) is 48.9 Å². The molecule has 0 bridgehead atoms. The Morgan fingerprint density at radius 2 is 2.00 bits per heavy atom. The first-order chi connectivity index (χ1) is 18.1. The van der Waals surface area contributed by atoms with Gasteiger partial charge in [0.1, 0.15) is 11.1 Å². The van der Waals surface area contributed by atoms with E-state index in [9.17, 15) is 14.7 Å². The van der Waals surface area contributed by atoms with Crippen LogP contribution in [0.5, 0.6) is 0 Å². The van der Waals surface area contributed by atoms with Crippen molar-refractivity contribution < 1.29 is 28.6 Å². The minimum atomic E-state index is -1.06. The molecule has 0 amide bonds. The number of nitrogens with zero attached hydrogens (tertiary/aromatic N) is 1. The lowest BCUT2D eigenvalue weighted by Crippen LogP contribution is -2.58. The van der Waals surface area contributed by atoms with Crippen molar-refractivity contribution in [2.75, 3.05) is 12.4 Å². The molecule has 1 aromatic carbocycles. The molecule has 2 saturated heterocycles. The van der Waals surface area contributed by atoms with Crippen molar-refractivity contribution >= 4 is 28.5 Å². The first-order valence-electron chi connectivity index (χ1n) is 13.5. The second-order valence-corrected chi connectivity index (χ2v) is 11.1. The molecule has 204 valence electrons. The van der Waals surface area contributed by atoms with Crippen LogP contribution in [0.3, 0.4) is 0 Å². The number of Topliss-reactive ketones (excluding diaryl/α,β-unsaturated/α-hetero) is 1. The molecular formula is C29H37N3O6. The van der Waals surface area contributed by atoms with Crippen LogP contribution >= 0.6 is 0 Å². The Morgan fingerprint density at radius 1 is 1.21 bits per heavy atom. The predicted octanol–water partition coefficient (Wildman–Crippen LogP) is 5.53. The number of fused-ring (bicyclic) bond motifs is 1. The summed E-state index contributed by atoms with van der Waals surface area (Å²) in [4.78, 5) is 32.7. The molecule has 7 atom stereocenters. The van der Waals surface area contributed by atoms with E-state index in [1.807, 2.05) is 13.0 Å². The van der Waals surface area contributed by atoms with Gasteiger partial charge in [0.25, 0.3) is 0 Å². The first kappa shape index (κ1) is 26.4. The van der Waals surface area contributed by atoms with Gasteiger partial charge in [0.05, 0.1) is 30.0 Å². The van der Waals surface area contributed by atoms with E-state index in [0.29, 0.717) is 34.8 Å². The van der Waals surface area contributed by atoms with Crippen molar-refractivity contribution in [3.8, 4) is 0 Å². The van der Waals surface area contributed by atoms with Crippen LogP contribution in [0.25, 0.3) is 11.1 Å². The minimum Gasteiger partial charge on any atom is -0.478 e. The molecule has 2 aliphatic heterocycles. The van der Waals surface area contributed by atoms with Gasteiger partial charge in [-0.15, -0.1) is 0 Å². The number of hydrogen-bond donors (Lipinski definition) is 3. The van der Waals surface area contributed by atoms with Crippen LogP contribution in [0.4, 0.5) is 5.69 Å². The fraction of sp³-hybridized carbons (Fsp3) is 0.552. The highest BCUT2D eigenvalue weighted by molar-refractivity contribution is 6.06. The number of aromatic nitrogens is 2. The fourth-order valence-corrected chi connectivity index (χ4v) is 6.27. The Morgan fingerprint density at radius 3 is 2.68 bits per heavy atom. The molecule has 3 aromatic rings. The molecule has 0 radical (unpaired) electrons. The van der Waals surface area contributed by atoms with Gasteiger partial charge in [-0.25, -0.2) is 9.78 Å². The predicted molar refractivity (Wildman–Crippen MR) is 142 cm³/mol. The van der Waals surface area contributed by atoms with Crippen LogP contribution in [0, 0.1) is 23.7 Å². The molecule has 4 heterocycles. The van der Waals surface area contributed by atoms with Crippen molar-refractivity contribution in [2.45, 2.75) is 71.4 Å². The second-order valence-electron chi connectivity index (χ2n) is 11.1. The molecule has 0 unspecified atom stereocenters. The van der Waals surface area contributed by atoms with Gasteiger partial charge < -0.3 is 29.3 Å². The summed E-state index contributed by atoms with van der Waals surface area (Å²) in [5.41, 5.74) is 1.93. The number of ether oxygens (including phenoxy) is 2. The van der Waals surface area contributed by atoms with E-state index in [2.05, 4.69) is 36.1 Å². The van der Waals surface area contributed by atoms with E-state index < -0.39 is 11.8 Å². The van der Waals surface area contributed by atoms with E-state index in [4.69, 9.17) is 13.9 Å². The van der Waals surface area contributed by atoms with Gasteiger partial charge in [0.2, 0.25) is 0 Å². The fourth-order valence-electron chi connectivity index (χ4n) is 6.27. The van der Waals surface area contributed by atoms with E-state index in [1.54, 1.807) is 31.4 Å². The van der Waals surface area contributed by atoms with Gasteiger partial charge in [-0.1, -0.05) is 27.7 Å². The zero-order valence-electron chi connectivity index (χ0n) is 22.6. The van der Waals surface area contributed by atoms with Gasteiger partial charge in [0.15, 0.2) is 23.0 Å². The SMILES string of the molecule is CNc1ccc2oc(C[C@@H]3O[C@]4(CC[C@@H]3C)O[C@H]([C@H](C)C(=O)c3ccc[nH]3)[C@@H](C)C[C@@H]4C)nc2c1C(=O)O. The zero-order valence-corrected chi connectivity index (χ0v) is 22.6. The Kier molecular flexibility index (Phi) is 7.09. The third-order valence-electron chi connectivity index (χ3n) is 8.54. The van der Waals surface area contributed by atoms with Crippen molar-refractivity contribution in [1.82, 2.24) is 9.97 Å². The lowest BCUT2D eigenvalue weighted by Gasteiger charge is -2.53. The lowest BCUT2D eigenvalue weighted by atomic mass is 9.75. The number of carbonyl (C=O) groups excluding carboxylic acids is 1. The van der Waals surface area contributed by atoms with Crippen LogP contribution < -0.4 is 5.32 Å². The third kappa shape index (κ3) is 4.62. The van der Waals surface area contributed by atoms with Crippen molar-refractivity contribution in [3.63, 3.8) is 0 Å². The van der Waals surface area contributed by atoms with Crippen molar-refractivity contribution in [1.29, 1.82) is 0 Å². The summed E-state index contributed by atoms with van der Waals surface area (Å²) in [5.74, 6) is -1.11. The molecule has 2 fully saturated rings. The van der Waals surface area contributed by atoms with Crippen molar-refractivity contribution in [3.05, 3.63) is 47.6 Å². The maximum Gasteiger partial charge on any atom is 0.340 e. The van der Waals surface area contributed by atoms with Gasteiger partial charge >= 0.3 is 5.97 Å². The van der Waals surface area contributed by atoms with Crippen LogP contribution in [0.2, 0.25) is 0 Å². The summed E-state index contributed by atoms with van der Waals surface area (Å²) in [6.07, 6.45) is 4.22. The largest absolute Gasteiger partial charge is 0.478 e. The monoisotopic (exact) mass is 523 g/mol. The highest BCUT2D eigenvalue weighted by Gasteiger charge is 2.52. The lowest BCUT2D eigenvalue weighted by molar-refractivity contribution is -0.355. The molecule has 5 rings (SSSR count). The number of rotatable bonds is 7. The topological polar surface area (TPSA) is 127 Å². The summed E-state index contributed by atoms with van der Waals surface area (Å²) in [7, 11) is 1.68. The number of carbonyl (C=O) groups is 2. The number of anilines is 1. The molecule has 2 aromatic heterocycles. The highest BCUT2D eigenvalue weighted by Crippen LogP contribution is 2.48. The number of aromatic carboxylic acids is 1. The quantitative estimate of drug-likeness (QED) is 0.345. The molecule has 0 saturated carbocycles. The Labute approximate surface area is 222 Å². The number of aromatic amines is 1. The van der Waals surface area contributed by atoms with Gasteiger partial charge in [0, 0.05) is 31.5 Å². The number of benzene rings is 1. The molecule has 3 N–H and O–H groups in total. The van der Waals surface area contributed by atoms with E-state index in [0.717, 1.165) is 19.3 Å². The minimum absolute atomic E-state index is 0.0407. The van der Waals surface area contributed by atoms with E-state index >= 15 is 0 Å². The molecule has 2 aliphatic rings. The Hall–Kier alpha value is -3.17. The number of carboxylic acid groups (broad SMARTS) is 1. The number of hydrogen-bond acceptors (Lipinski definition) is 7. The molecule has 9 heteroatoms. The van der Waals surface area contributed by atoms with Crippen molar-refractivity contribution in [2.24, 2.45) is 23.7 Å². The Bertz CT molecular complexity index is 1320. The molecular weight excluding hydrogens is 486 g/mol. The standard InChI is InChI=1S/C29H37N3O6/c1-15-10-11-29(17(3)13-16(2)27(38-29)18(4)26(33)20-7-6-12-31-20)37-22(15)14-23-32-25-21(36-23)9-8-19(30-5)24(25)28(34)35/h6-9,12,15-18,22,27,30-31H,10-11,13-14H2,1-5H3,(H,34,35)/t15-,16-,17-,18+,22-,27-,29+/m0/s1.